The van der Waals surface area contributed by atoms with Gasteiger partial charge in [-0.15, -0.1) is 0 Å². The zero-order valence-electron chi connectivity index (χ0n) is 14.7. The fourth-order valence-electron chi connectivity index (χ4n) is 3.24. The van der Waals surface area contributed by atoms with Crippen LogP contribution < -0.4 is 5.32 Å². The Hall–Kier alpha value is -3.66. The highest BCUT2D eigenvalue weighted by Crippen LogP contribution is 2.38. The third-order valence-corrected chi connectivity index (χ3v) is 4.56. The average molecular weight is 355 g/mol. The highest BCUT2D eigenvalue weighted by atomic mass is 16.5. The van der Waals surface area contributed by atoms with Gasteiger partial charge in [-0.25, -0.2) is 4.79 Å². The monoisotopic (exact) mass is 355 g/mol. The predicted octanol–water partition coefficient (Wildman–Crippen LogP) is 4.65. The first-order valence-corrected chi connectivity index (χ1v) is 8.58. The van der Waals surface area contributed by atoms with E-state index >= 15 is 0 Å². The van der Waals surface area contributed by atoms with Crippen LogP contribution in [0.15, 0.2) is 78.9 Å². The van der Waals surface area contributed by atoms with E-state index in [1.165, 1.54) is 7.11 Å². The second-order valence-corrected chi connectivity index (χ2v) is 6.18. The Kier molecular flexibility index (Phi) is 4.30. The molecule has 4 heteroatoms. The molecular formula is C23H17NO3. The molecule has 3 aromatic rings. The number of methoxy groups -OCH3 is 1. The number of ketones is 1. The van der Waals surface area contributed by atoms with Crippen molar-refractivity contribution >= 4 is 28.7 Å². The van der Waals surface area contributed by atoms with Crippen LogP contribution in [-0.2, 0) is 4.74 Å². The molecule has 0 aliphatic heterocycles. The van der Waals surface area contributed by atoms with Gasteiger partial charge in [0.05, 0.1) is 23.9 Å². The van der Waals surface area contributed by atoms with Crippen molar-refractivity contribution in [3.63, 3.8) is 0 Å². The molecule has 0 bridgehead atoms. The van der Waals surface area contributed by atoms with Crippen molar-refractivity contribution in [2.45, 2.75) is 0 Å². The first kappa shape index (κ1) is 16.8. The van der Waals surface area contributed by atoms with Crippen molar-refractivity contribution in [2.75, 3.05) is 12.4 Å². The molecule has 1 N–H and O–H groups in total. The second-order valence-electron chi connectivity index (χ2n) is 6.18. The van der Waals surface area contributed by atoms with Gasteiger partial charge in [0.15, 0.2) is 5.78 Å². The number of hydrogen-bond acceptors (Lipinski definition) is 4. The minimum absolute atomic E-state index is 0.00507. The molecule has 3 aromatic carbocycles. The molecule has 1 aliphatic rings. The zero-order chi connectivity index (χ0) is 18.8. The summed E-state index contributed by atoms with van der Waals surface area (Å²) < 4.78 is 4.73. The first-order chi connectivity index (χ1) is 13.2. The van der Waals surface area contributed by atoms with Crippen molar-refractivity contribution in [1.29, 1.82) is 0 Å². The molecule has 0 saturated carbocycles. The quantitative estimate of drug-likeness (QED) is 0.692. The topological polar surface area (TPSA) is 55.4 Å². The lowest BCUT2D eigenvalue weighted by Gasteiger charge is -2.12. The van der Waals surface area contributed by atoms with E-state index in [1.54, 1.807) is 24.3 Å². The summed E-state index contributed by atoms with van der Waals surface area (Å²) in [6, 6.07) is 24.2. The summed E-state index contributed by atoms with van der Waals surface area (Å²) >= 11 is 0. The van der Waals surface area contributed by atoms with Crippen LogP contribution in [0.25, 0.3) is 11.3 Å². The molecule has 4 nitrogen and oxygen atoms in total. The summed E-state index contributed by atoms with van der Waals surface area (Å²) in [5.41, 5.74) is 5.11. The summed E-state index contributed by atoms with van der Waals surface area (Å²) in [7, 11) is 1.35. The summed E-state index contributed by atoms with van der Waals surface area (Å²) in [5.74, 6) is -0.377. The molecule has 4 rings (SSSR count). The van der Waals surface area contributed by atoms with Crippen LogP contribution in [0.1, 0.15) is 31.8 Å². The number of anilines is 1. The Balaban J connectivity index is 1.78. The molecule has 0 unspecified atom stereocenters. The molecule has 1 aliphatic carbocycles. The van der Waals surface area contributed by atoms with E-state index in [2.05, 4.69) is 5.32 Å². The van der Waals surface area contributed by atoms with E-state index in [-0.39, 0.29) is 11.8 Å². The van der Waals surface area contributed by atoms with Gasteiger partial charge in [0.1, 0.15) is 0 Å². The van der Waals surface area contributed by atoms with Gasteiger partial charge in [0.2, 0.25) is 0 Å². The number of carbonyl (C=O) groups is 2. The minimum atomic E-state index is -0.382. The number of allylic oxidation sites excluding steroid dienone is 1. The van der Waals surface area contributed by atoms with Crippen LogP contribution in [-0.4, -0.2) is 18.9 Å². The summed E-state index contributed by atoms with van der Waals surface area (Å²) in [6.07, 6.45) is 0. The van der Waals surface area contributed by atoms with Crippen molar-refractivity contribution in [3.8, 4) is 0 Å². The van der Waals surface area contributed by atoms with Crippen LogP contribution in [0.5, 0.6) is 0 Å². The van der Waals surface area contributed by atoms with E-state index < -0.39 is 0 Å². The number of carbonyl (C=O) groups excluding carboxylic acids is 2. The SMILES string of the molecule is COC(=O)c1ccc(NC2=C(c3ccccc3)C(=O)c3ccccc32)cc1. The standard InChI is InChI=1S/C23H17NO3/c1-27-23(26)16-11-13-17(14-12-16)24-21-18-9-5-6-10-19(18)22(25)20(21)15-7-3-2-4-8-15/h2-14,24H,1H3. The third kappa shape index (κ3) is 3.02. The van der Waals surface area contributed by atoms with E-state index in [1.807, 2.05) is 54.6 Å². The second kappa shape index (κ2) is 6.92. The smallest absolute Gasteiger partial charge is 0.337 e. The lowest BCUT2D eigenvalue weighted by molar-refractivity contribution is 0.0600. The number of nitrogens with one attached hydrogen (secondary N) is 1. The molecule has 0 radical (unpaired) electrons. The molecular weight excluding hydrogens is 338 g/mol. The Labute approximate surface area is 157 Å². The van der Waals surface area contributed by atoms with Crippen LogP contribution in [0.2, 0.25) is 0 Å². The lowest BCUT2D eigenvalue weighted by Crippen LogP contribution is -2.03. The van der Waals surface area contributed by atoms with Gasteiger partial charge >= 0.3 is 5.97 Å². The number of ether oxygens (including phenoxy) is 1. The van der Waals surface area contributed by atoms with Gasteiger partial charge in [-0.05, 0) is 29.8 Å². The van der Waals surface area contributed by atoms with Crippen molar-refractivity contribution in [1.82, 2.24) is 0 Å². The maximum absolute atomic E-state index is 13.0. The van der Waals surface area contributed by atoms with Gasteiger partial charge in [-0.3, -0.25) is 4.79 Å². The Morgan fingerprint density at radius 2 is 1.44 bits per heavy atom. The molecule has 0 amide bonds. The van der Waals surface area contributed by atoms with Crippen LogP contribution >= 0.6 is 0 Å². The van der Waals surface area contributed by atoms with Gasteiger partial charge in [0, 0.05) is 16.8 Å². The van der Waals surface area contributed by atoms with E-state index in [0.717, 1.165) is 22.5 Å². The highest BCUT2D eigenvalue weighted by molar-refractivity contribution is 6.40. The molecule has 132 valence electrons. The Bertz CT molecular complexity index is 1050. The number of benzene rings is 3. The molecule has 0 saturated heterocycles. The maximum atomic E-state index is 13.0. The van der Waals surface area contributed by atoms with Gasteiger partial charge in [0.25, 0.3) is 0 Å². The highest BCUT2D eigenvalue weighted by Gasteiger charge is 2.30. The van der Waals surface area contributed by atoms with E-state index in [4.69, 9.17) is 4.74 Å². The maximum Gasteiger partial charge on any atom is 0.337 e. The van der Waals surface area contributed by atoms with Crippen molar-refractivity contribution < 1.29 is 14.3 Å². The summed E-state index contributed by atoms with van der Waals surface area (Å²) in [5, 5.41) is 3.37. The van der Waals surface area contributed by atoms with Crippen LogP contribution in [0.4, 0.5) is 5.69 Å². The molecule has 0 heterocycles. The molecule has 0 atom stereocenters. The fraction of sp³-hybridized carbons (Fsp3) is 0.0435. The summed E-state index contributed by atoms with van der Waals surface area (Å²) in [4.78, 5) is 24.6. The van der Waals surface area contributed by atoms with Crippen LogP contribution in [0, 0.1) is 0 Å². The van der Waals surface area contributed by atoms with E-state index in [0.29, 0.717) is 16.7 Å². The first-order valence-electron chi connectivity index (χ1n) is 8.58. The van der Waals surface area contributed by atoms with Gasteiger partial charge < -0.3 is 10.1 Å². The van der Waals surface area contributed by atoms with Gasteiger partial charge in [-0.1, -0.05) is 54.6 Å². The predicted molar refractivity (Wildman–Crippen MR) is 105 cm³/mol. The molecule has 0 aromatic heterocycles. The largest absolute Gasteiger partial charge is 0.465 e. The number of rotatable bonds is 4. The number of fused-ring (bicyclic) bond motifs is 1. The van der Waals surface area contributed by atoms with E-state index in [9.17, 15) is 9.59 Å². The summed E-state index contributed by atoms with van der Waals surface area (Å²) in [6.45, 7) is 0. The lowest BCUT2D eigenvalue weighted by atomic mass is 10.0. The third-order valence-electron chi connectivity index (χ3n) is 4.56. The number of Topliss-reactive ketones (excluding diaryl/α,β-unsaturated/α-hetero) is 1. The number of hydrogen-bond donors (Lipinski definition) is 1. The Morgan fingerprint density at radius 3 is 2.11 bits per heavy atom. The normalized spacial score (nSPS) is 12.7. The molecule has 0 fully saturated rings. The minimum Gasteiger partial charge on any atom is -0.465 e. The van der Waals surface area contributed by atoms with Crippen molar-refractivity contribution in [2.24, 2.45) is 0 Å². The average Bonchev–Trinajstić information content (AvgIpc) is 3.00. The zero-order valence-corrected chi connectivity index (χ0v) is 14.7. The van der Waals surface area contributed by atoms with Gasteiger partial charge in [-0.2, -0.15) is 0 Å². The molecule has 0 spiro atoms. The Morgan fingerprint density at radius 1 is 0.815 bits per heavy atom. The number of esters is 1. The van der Waals surface area contributed by atoms with Crippen molar-refractivity contribution in [3.05, 3.63) is 101 Å². The molecule has 27 heavy (non-hydrogen) atoms. The van der Waals surface area contributed by atoms with Crippen LogP contribution in [0.3, 0.4) is 0 Å². The fourth-order valence-corrected chi connectivity index (χ4v) is 3.24.